The van der Waals surface area contributed by atoms with E-state index >= 15 is 0 Å². The van der Waals surface area contributed by atoms with E-state index in [1.807, 2.05) is 0 Å². The smallest absolute Gasteiger partial charge is 0.248 e. The Kier molecular flexibility index (Phi) is 4.56. The van der Waals surface area contributed by atoms with E-state index in [0.29, 0.717) is 5.69 Å². The molecule has 54 valence electrons. The number of nitrogens with zero attached hydrogens (tertiary/aromatic N) is 2. The zero-order valence-corrected chi connectivity index (χ0v) is 7.26. The minimum Gasteiger partial charge on any atom is -0.592 e. The van der Waals surface area contributed by atoms with Crippen LogP contribution in [0.15, 0.2) is 35.6 Å². The first-order valence-corrected chi connectivity index (χ1v) is 2.72. The number of hydrogen-bond acceptors (Lipinski definition) is 2. The normalized spacial score (nSPS) is 10.4. The first-order chi connectivity index (χ1) is 4.84. The van der Waals surface area contributed by atoms with E-state index in [0.717, 1.165) is 0 Å². The topological polar surface area (TPSA) is 58.7 Å². The second-order valence-corrected chi connectivity index (χ2v) is 1.70. The summed E-state index contributed by atoms with van der Waals surface area (Å²) in [6.45, 7) is 0. The molecule has 11 heavy (non-hydrogen) atoms. The van der Waals surface area contributed by atoms with Gasteiger partial charge in [-0.15, -0.1) is 0 Å². The van der Waals surface area contributed by atoms with Crippen LogP contribution in [0.3, 0.4) is 0 Å². The highest BCUT2D eigenvalue weighted by Gasteiger charge is 1.98. The molecule has 1 rings (SSSR count). The molecule has 1 aromatic rings. The molecule has 1 aromatic carbocycles. The summed E-state index contributed by atoms with van der Waals surface area (Å²) >= 11 is 0. The third-order valence-corrected chi connectivity index (χ3v) is 1.06. The Morgan fingerprint density at radius 3 is 2.27 bits per heavy atom. The zero-order chi connectivity index (χ0) is 7.40. The van der Waals surface area contributed by atoms with Crippen LogP contribution in [-0.4, -0.2) is 33.1 Å². The molecule has 0 amide bonds. The predicted octanol–water partition coefficient (Wildman–Crippen LogP) is 1.29. The Bertz CT molecular complexity index is 238. The van der Waals surface area contributed by atoms with E-state index in [1.54, 1.807) is 30.3 Å². The third-order valence-electron chi connectivity index (χ3n) is 1.06. The van der Waals surface area contributed by atoms with Gasteiger partial charge in [0.2, 0.25) is 11.0 Å². The highest BCUT2D eigenvalue weighted by atomic mass is 24.3. The fraction of sp³-hybridized carbons (Fsp3) is 0. The second-order valence-electron chi connectivity index (χ2n) is 1.70. The molecule has 0 unspecified atom stereocenters. The minimum atomic E-state index is 0. The van der Waals surface area contributed by atoms with Crippen molar-refractivity contribution in [3.8, 4) is 0 Å². The van der Waals surface area contributed by atoms with Crippen LogP contribution in [0.5, 0.6) is 0 Å². The molecule has 0 saturated carbocycles. The van der Waals surface area contributed by atoms with Crippen molar-refractivity contribution < 1.29 is 10.1 Å². The van der Waals surface area contributed by atoms with Gasteiger partial charge in [-0.2, -0.15) is 0 Å². The summed E-state index contributed by atoms with van der Waals surface area (Å²) in [5.74, 6) is 0. The molecule has 0 aromatic heterocycles. The van der Waals surface area contributed by atoms with Crippen LogP contribution in [0.1, 0.15) is 0 Å². The molecule has 5 heteroatoms. The van der Waals surface area contributed by atoms with Crippen molar-refractivity contribution in [3.05, 3.63) is 35.5 Å². The summed E-state index contributed by atoms with van der Waals surface area (Å²) in [5.41, 5.74) is 0.310. The molecule has 0 spiro atoms. The summed E-state index contributed by atoms with van der Waals surface area (Å²) < 4.78 is 0. The van der Waals surface area contributed by atoms with Crippen LogP contribution in [0.25, 0.3) is 0 Å². The lowest BCUT2D eigenvalue weighted by Gasteiger charge is -1.93. The van der Waals surface area contributed by atoms with Gasteiger partial charge in [-0.05, 0) is 4.86 Å². The molecule has 0 aliphatic rings. The fourth-order valence-corrected chi connectivity index (χ4v) is 0.607. The first kappa shape index (κ1) is 10.2. The lowest BCUT2D eigenvalue weighted by molar-refractivity contribution is -0.473. The highest BCUT2D eigenvalue weighted by molar-refractivity contribution is 5.75. The number of para-hydroxylation sites is 1. The van der Waals surface area contributed by atoms with E-state index in [-0.39, 0.29) is 27.9 Å². The molecule has 0 saturated heterocycles. The van der Waals surface area contributed by atoms with Crippen LogP contribution in [0.2, 0.25) is 0 Å². The van der Waals surface area contributed by atoms with Gasteiger partial charge in [0.05, 0.1) is 0 Å². The first-order valence-electron chi connectivity index (χ1n) is 2.72. The average Bonchev–Trinajstić information content (AvgIpc) is 2.05. The van der Waals surface area contributed by atoms with Crippen molar-refractivity contribution >= 4 is 28.7 Å². The Morgan fingerprint density at radius 1 is 1.27 bits per heavy atom. The van der Waals surface area contributed by atoms with Crippen molar-refractivity contribution in [2.24, 2.45) is 5.28 Å². The standard InChI is InChI=1S/C6H6N2O2.Mg/c9-7-8(10)6-4-2-1-3-5-6;/h1-5,9H;. The van der Waals surface area contributed by atoms with E-state index in [9.17, 15) is 5.21 Å². The maximum atomic E-state index is 10.5. The van der Waals surface area contributed by atoms with Crippen molar-refractivity contribution in [1.82, 2.24) is 0 Å². The zero-order valence-electron chi connectivity index (χ0n) is 5.84. The maximum absolute atomic E-state index is 10.5. The van der Waals surface area contributed by atoms with Crippen LogP contribution in [0.4, 0.5) is 5.69 Å². The van der Waals surface area contributed by atoms with Crippen molar-refractivity contribution in [2.75, 3.05) is 0 Å². The van der Waals surface area contributed by atoms with Crippen molar-refractivity contribution in [3.63, 3.8) is 0 Å². The molecule has 2 radical (unpaired) electrons. The monoisotopic (exact) mass is 162 g/mol. The molecule has 0 bridgehead atoms. The molecule has 0 aliphatic carbocycles. The lowest BCUT2D eigenvalue weighted by atomic mass is 10.3. The number of hydrogen-bond donors (Lipinski definition) is 1. The van der Waals surface area contributed by atoms with E-state index in [4.69, 9.17) is 5.21 Å². The SMILES string of the molecule is [Mg].[O-][N+](=NO)c1ccccc1. The number of benzene rings is 1. The predicted molar refractivity (Wildman–Crippen MR) is 39.7 cm³/mol. The molecule has 0 heterocycles. The molecular formula is C6H6MgN2O2. The summed E-state index contributed by atoms with van der Waals surface area (Å²) in [6.07, 6.45) is 0. The molecular weight excluding hydrogens is 156 g/mol. The summed E-state index contributed by atoms with van der Waals surface area (Å²) in [4.78, 5) is 0.139. The van der Waals surface area contributed by atoms with E-state index < -0.39 is 0 Å². The van der Waals surface area contributed by atoms with E-state index in [2.05, 4.69) is 5.28 Å². The van der Waals surface area contributed by atoms with Gasteiger partial charge >= 0.3 is 0 Å². The Balaban J connectivity index is 0.000001000. The van der Waals surface area contributed by atoms with E-state index in [1.165, 1.54) is 0 Å². The molecule has 1 N–H and O–H groups in total. The quantitative estimate of drug-likeness (QED) is 0.293. The van der Waals surface area contributed by atoms with Crippen molar-refractivity contribution in [1.29, 1.82) is 0 Å². The third kappa shape index (κ3) is 2.73. The molecule has 0 fully saturated rings. The van der Waals surface area contributed by atoms with Crippen LogP contribution in [-0.2, 0) is 0 Å². The van der Waals surface area contributed by atoms with Gasteiger partial charge < -0.3 is 10.4 Å². The molecule has 0 aliphatic heterocycles. The Hall–Kier alpha value is -0.814. The largest absolute Gasteiger partial charge is 0.592 e. The minimum absolute atomic E-state index is 0. The van der Waals surface area contributed by atoms with Gasteiger partial charge in [0, 0.05) is 35.2 Å². The van der Waals surface area contributed by atoms with Gasteiger partial charge in [-0.25, -0.2) is 0 Å². The van der Waals surface area contributed by atoms with Crippen LogP contribution >= 0.6 is 0 Å². The van der Waals surface area contributed by atoms with Crippen molar-refractivity contribution in [2.45, 2.75) is 0 Å². The highest BCUT2D eigenvalue weighted by Crippen LogP contribution is 2.08. The van der Waals surface area contributed by atoms with Crippen LogP contribution in [0, 0.1) is 5.21 Å². The lowest BCUT2D eigenvalue weighted by Crippen LogP contribution is -1.88. The molecule has 0 atom stereocenters. The van der Waals surface area contributed by atoms with Crippen LogP contribution < -0.4 is 0 Å². The second kappa shape index (κ2) is 4.92. The van der Waals surface area contributed by atoms with Gasteiger partial charge in [0.15, 0.2) is 0 Å². The summed E-state index contributed by atoms with van der Waals surface area (Å²) in [7, 11) is 0. The fourth-order valence-electron chi connectivity index (χ4n) is 0.607. The Morgan fingerprint density at radius 2 is 1.82 bits per heavy atom. The Labute approximate surface area is 79.9 Å². The maximum Gasteiger partial charge on any atom is 0.248 e. The van der Waals surface area contributed by atoms with Gasteiger partial charge in [0.25, 0.3) is 0 Å². The van der Waals surface area contributed by atoms with Gasteiger partial charge in [0.1, 0.15) is 0 Å². The molecule has 4 nitrogen and oxygen atoms in total. The van der Waals surface area contributed by atoms with Gasteiger partial charge in [-0.3, -0.25) is 0 Å². The van der Waals surface area contributed by atoms with Gasteiger partial charge in [-0.1, -0.05) is 18.2 Å². The average molecular weight is 162 g/mol. The number of rotatable bonds is 1. The summed E-state index contributed by atoms with van der Waals surface area (Å²) in [6, 6.07) is 8.24. The summed E-state index contributed by atoms with van der Waals surface area (Å²) in [5, 5.41) is 21.0.